The zero-order chi connectivity index (χ0) is 21.2. The number of imidazole rings is 1. The van der Waals surface area contributed by atoms with Crippen LogP contribution in [-0.2, 0) is 6.54 Å². The van der Waals surface area contributed by atoms with Crippen molar-refractivity contribution in [1.82, 2.24) is 24.4 Å². The Morgan fingerprint density at radius 3 is 2.55 bits per heavy atom. The highest BCUT2D eigenvalue weighted by Gasteiger charge is 2.26. The molecule has 158 valence electrons. The monoisotopic (exact) mass is 432 g/mol. The summed E-state index contributed by atoms with van der Waals surface area (Å²) in [6.07, 6.45) is 5.30. The van der Waals surface area contributed by atoms with Crippen LogP contribution in [0.2, 0.25) is 5.02 Å². The normalized spacial score (nSPS) is 16.0. The van der Waals surface area contributed by atoms with E-state index >= 15 is 0 Å². The van der Waals surface area contributed by atoms with Crippen LogP contribution >= 0.6 is 11.6 Å². The van der Waals surface area contributed by atoms with E-state index in [1.54, 1.807) is 12.4 Å². The minimum Gasteiger partial charge on any atom is -0.353 e. The van der Waals surface area contributed by atoms with Crippen molar-refractivity contribution in [2.75, 3.05) is 31.1 Å². The average Bonchev–Trinajstić information content (AvgIpc) is 3.17. The molecule has 5 rings (SSSR count). The Morgan fingerprint density at radius 1 is 1.00 bits per heavy atom. The van der Waals surface area contributed by atoms with Crippen LogP contribution in [0.15, 0.2) is 67.1 Å². The molecule has 1 saturated heterocycles. The number of hydrogen-bond donors (Lipinski definition) is 0. The van der Waals surface area contributed by atoms with Crippen molar-refractivity contribution in [2.24, 2.45) is 0 Å². The van der Waals surface area contributed by atoms with Gasteiger partial charge in [-0.2, -0.15) is 0 Å². The number of hydrogen-bond acceptors (Lipinski definition) is 5. The molecule has 2 aromatic carbocycles. The molecule has 1 aliphatic heterocycles. The van der Waals surface area contributed by atoms with E-state index < -0.39 is 0 Å². The molecular weight excluding hydrogens is 408 g/mol. The van der Waals surface area contributed by atoms with Crippen molar-refractivity contribution in [2.45, 2.75) is 19.5 Å². The van der Waals surface area contributed by atoms with Crippen LogP contribution in [0.5, 0.6) is 0 Å². The third-order valence-electron chi connectivity index (χ3n) is 6.03. The van der Waals surface area contributed by atoms with Crippen LogP contribution < -0.4 is 4.90 Å². The standard InChI is InChI=1S/C24H25ClN6/c1-18(29-11-13-30(14-12-29)23-16-26-9-10-27-23)24-28-21-15-20(25)7-8-22(21)31(24)17-19-5-3-2-4-6-19/h2-10,15-16,18H,11-14,17H2,1H3/t18-/m1/s1. The first-order valence-corrected chi connectivity index (χ1v) is 11.0. The van der Waals surface area contributed by atoms with Crippen molar-refractivity contribution in [1.29, 1.82) is 0 Å². The Balaban J connectivity index is 1.42. The highest BCUT2D eigenvalue weighted by Crippen LogP contribution is 2.28. The molecule has 1 atom stereocenters. The van der Waals surface area contributed by atoms with Gasteiger partial charge in [0.05, 0.1) is 23.3 Å². The lowest BCUT2D eigenvalue weighted by atomic mass is 10.2. The predicted octanol–water partition coefficient (Wildman–Crippen LogP) is 4.41. The topological polar surface area (TPSA) is 50.1 Å². The van der Waals surface area contributed by atoms with Gasteiger partial charge in [0.15, 0.2) is 0 Å². The number of nitrogens with zero attached hydrogens (tertiary/aromatic N) is 6. The minimum absolute atomic E-state index is 0.193. The maximum atomic E-state index is 6.27. The minimum atomic E-state index is 0.193. The Bertz CT molecular complexity index is 1150. The molecule has 0 N–H and O–H groups in total. The molecule has 6 nitrogen and oxygen atoms in total. The van der Waals surface area contributed by atoms with Crippen molar-refractivity contribution in [3.05, 3.63) is 83.5 Å². The number of piperazine rings is 1. The quantitative estimate of drug-likeness (QED) is 0.467. The lowest BCUT2D eigenvalue weighted by Crippen LogP contribution is -2.47. The second-order valence-corrected chi connectivity index (χ2v) is 8.37. The summed E-state index contributed by atoms with van der Waals surface area (Å²) in [6.45, 7) is 6.79. The summed E-state index contributed by atoms with van der Waals surface area (Å²) in [5, 5.41) is 0.716. The molecule has 0 bridgehead atoms. The molecule has 1 aliphatic rings. The first-order chi connectivity index (χ1) is 15.2. The molecule has 0 aliphatic carbocycles. The van der Waals surface area contributed by atoms with Crippen molar-refractivity contribution < 1.29 is 0 Å². The van der Waals surface area contributed by atoms with Gasteiger partial charge in [-0.15, -0.1) is 0 Å². The molecule has 0 saturated carbocycles. The van der Waals surface area contributed by atoms with Crippen molar-refractivity contribution in [3.63, 3.8) is 0 Å². The summed E-state index contributed by atoms with van der Waals surface area (Å²) < 4.78 is 2.33. The summed E-state index contributed by atoms with van der Waals surface area (Å²) in [5.41, 5.74) is 3.33. The highest BCUT2D eigenvalue weighted by atomic mass is 35.5. The maximum absolute atomic E-state index is 6.27. The van der Waals surface area contributed by atoms with Gasteiger partial charge in [-0.25, -0.2) is 9.97 Å². The largest absolute Gasteiger partial charge is 0.353 e. The number of benzene rings is 2. The summed E-state index contributed by atoms with van der Waals surface area (Å²) in [5.74, 6) is 2.02. The Morgan fingerprint density at radius 2 is 1.81 bits per heavy atom. The molecule has 2 aromatic heterocycles. The SMILES string of the molecule is C[C@H](c1nc2cc(Cl)ccc2n1Cc1ccccc1)N1CCN(c2cnccn2)CC1. The second-order valence-electron chi connectivity index (χ2n) is 7.94. The maximum Gasteiger partial charge on any atom is 0.147 e. The summed E-state index contributed by atoms with van der Waals surface area (Å²) >= 11 is 6.27. The first kappa shape index (κ1) is 20.0. The summed E-state index contributed by atoms with van der Waals surface area (Å²) in [6, 6.07) is 16.7. The molecule has 0 radical (unpaired) electrons. The van der Waals surface area contributed by atoms with E-state index in [0.717, 1.165) is 55.4 Å². The van der Waals surface area contributed by atoms with Gasteiger partial charge in [-0.05, 0) is 30.7 Å². The van der Waals surface area contributed by atoms with Gasteiger partial charge in [-0.3, -0.25) is 9.88 Å². The third-order valence-corrected chi connectivity index (χ3v) is 6.27. The van der Waals surface area contributed by atoms with Gasteiger partial charge in [-0.1, -0.05) is 41.9 Å². The molecular formula is C24H25ClN6. The van der Waals surface area contributed by atoms with Gasteiger partial charge >= 0.3 is 0 Å². The van der Waals surface area contributed by atoms with Crippen LogP contribution in [-0.4, -0.2) is 50.6 Å². The van der Waals surface area contributed by atoms with Crippen molar-refractivity contribution in [3.8, 4) is 0 Å². The number of anilines is 1. The summed E-state index contributed by atoms with van der Waals surface area (Å²) in [7, 11) is 0. The van der Waals surface area contributed by atoms with Gasteiger partial charge in [0.2, 0.25) is 0 Å². The molecule has 31 heavy (non-hydrogen) atoms. The van der Waals surface area contributed by atoms with Crippen LogP contribution in [0.1, 0.15) is 24.4 Å². The number of halogens is 1. The van der Waals surface area contributed by atoms with E-state index in [2.05, 4.69) is 67.7 Å². The molecule has 3 heterocycles. The van der Waals surface area contributed by atoms with Gasteiger partial charge in [0, 0.05) is 50.1 Å². The lowest BCUT2D eigenvalue weighted by molar-refractivity contribution is 0.188. The Kier molecular flexibility index (Phi) is 5.57. The number of rotatable bonds is 5. The van der Waals surface area contributed by atoms with E-state index in [1.807, 2.05) is 18.3 Å². The fourth-order valence-corrected chi connectivity index (χ4v) is 4.50. The van der Waals surface area contributed by atoms with Gasteiger partial charge in [0.25, 0.3) is 0 Å². The van der Waals surface area contributed by atoms with Crippen LogP contribution in [0.3, 0.4) is 0 Å². The number of aromatic nitrogens is 4. The zero-order valence-corrected chi connectivity index (χ0v) is 18.3. The van der Waals surface area contributed by atoms with Crippen LogP contribution in [0.4, 0.5) is 5.82 Å². The lowest BCUT2D eigenvalue weighted by Gasteiger charge is -2.38. The van der Waals surface area contributed by atoms with E-state index in [4.69, 9.17) is 16.6 Å². The smallest absolute Gasteiger partial charge is 0.147 e. The second kappa shape index (κ2) is 8.65. The molecule has 0 spiro atoms. The predicted molar refractivity (Wildman–Crippen MR) is 125 cm³/mol. The molecule has 1 fully saturated rings. The summed E-state index contributed by atoms with van der Waals surface area (Å²) in [4.78, 5) is 18.5. The zero-order valence-electron chi connectivity index (χ0n) is 17.5. The van der Waals surface area contributed by atoms with E-state index in [1.165, 1.54) is 5.56 Å². The molecule has 0 unspecified atom stereocenters. The van der Waals surface area contributed by atoms with E-state index in [-0.39, 0.29) is 6.04 Å². The van der Waals surface area contributed by atoms with E-state index in [0.29, 0.717) is 5.02 Å². The van der Waals surface area contributed by atoms with E-state index in [9.17, 15) is 0 Å². The van der Waals surface area contributed by atoms with Gasteiger partial charge in [0.1, 0.15) is 11.6 Å². The van der Waals surface area contributed by atoms with Crippen molar-refractivity contribution >= 4 is 28.5 Å². The van der Waals surface area contributed by atoms with Crippen LogP contribution in [0.25, 0.3) is 11.0 Å². The fourth-order valence-electron chi connectivity index (χ4n) is 4.33. The average molecular weight is 433 g/mol. The van der Waals surface area contributed by atoms with Gasteiger partial charge < -0.3 is 9.47 Å². The molecule has 4 aromatic rings. The molecule has 7 heteroatoms. The Hall–Kier alpha value is -2.96. The molecule has 0 amide bonds. The van der Waals surface area contributed by atoms with Crippen LogP contribution in [0, 0.1) is 0 Å². The Labute approximate surface area is 187 Å². The number of fused-ring (bicyclic) bond motifs is 1. The first-order valence-electron chi connectivity index (χ1n) is 10.6. The highest BCUT2D eigenvalue weighted by molar-refractivity contribution is 6.31. The fraction of sp³-hybridized carbons (Fsp3) is 0.292. The third kappa shape index (κ3) is 4.13.